The van der Waals surface area contributed by atoms with Crippen LogP contribution in [-0.2, 0) is 0 Å². The van der Waals surface area contributed by atoms with E-state index in [1.54, 1.807) is 19.2 Å². The van der Waals surface area contributed by atoms with E-state index in [-0.39, 0.29) is 6.04 Å². The molecule has 1 aromatic rings. The van der Waals surface area contributed by atoms with E-state index in [2.05, 4.69) is 17.1 Å². The molecule has 0 radical (unpaired) electrons. The standard InChI is InChI=1S/C15H22F2N2/c1-11-5-4-9-19(11)10-8-14(18-2)12-6-3-7-13(16)15(12)17/h3,6-7,11,14,18H,4-5,8-10H2,1-2H3. The summed E-state index contributed by atoms with van der Waals surface area (Å²) in [7, 11) is 1.79. The van der Waals surface area contributed by atoms with Crippen LogP contribution in [-0.4, -0.2) is 31.1 Å². The normalized spacial score (nSPS) is 21.8. The van der Waals surface area contributed by atoms with E-state index in [4.69, 9.17) is 0 Å². The molecule has 19 heavy (non-hydrogen) atoms. The van der Waals surface area contributed by atoms with Crippen LogP contribution in [0.2, 0.25) is 0 Å². The van der Waals surface area contributed by atoms with E-state index < -0.39 is 11.6 Å². The van der Waals surface area contributed by atoms with Gasteiger partial charge in [0.15, 0.2) is 11.6 Å². The van der Waals surface area contributed by atoms with Crippen LogP contribution in [0.15, 0.2) is 18.2 Å². The summed E-state index contributed by atoms with van der Waals surface area (Å²) in [5.74, 6) is -1.50. The first-order valence-electron chi connectivity index (χ1n) is 6.98. The Bertz CT molecular complexity index is 423. The molecule has 2 rings (SSSR count). The molecule has 1 fully saturated rings. The van der Waals surface area contributed by atoms with Crippen molar-refractivity contribution in [2.75, 3.05) is 20.1 Å². The molecular weight excluding hydrogens is 246 g/mol. The molecule has 2 unspecified atom stereocenters. The molecule has 4 heteroatoms. The minimum absolute atomic E-state index is 0.136. The predicted octanol–water partition coefficient (Wildman–Crippen LogP) is 3.10. The van der Waals surface area contributed by atoms with Crippen LogP contribution in [0.25, 0.3) is 0 Å². The van der Waals surface area contributed by atoms with Gasteiger partial charge >= 0.3 is 0 Å². The Morgan fingerprint density at radius 3 is 2.84 bits per heavy atom. The number of benzene rings is 1. The fraction of sp³-hybridized carbons (Fsp3) is 0.600. The monoisotopic (exact) mass is 268 g/mol. The first-order valence-corrected chi connectivity index (χ1v) is 6.98. The maximum Gasteiger partial charge on any atom is 0.163 e. The summed E-state index contributed by atoms with van der Waals surface area (Å²) in [5, 5.41) is 3.09. The first-order chi connectivity index (χ1) is 9.13. The SMILES string of the molecule is CNC(CCN1CCCC1C)c1cccc(F)c1F. The number of nitrogens with one attached hydrogen (secondary N) is 1. The van der Waals surface area contributed by atoms with Gasteiger partial charge in [-0.1, -0.05) is 12.1 Å². The molecule has 1 heterocycles. The van der Waals surface area contributed by atoms with Crippen molar-refractivity contribution in [3.05, 3.63) is 35.4 Å². The Labute approximate surface area is 113 Å². The van der Waals surface area contributed by atoms with Crippen molar-refractivity contribution < 1.29 is 8.78 Å². The van der Waals surface area contributed by atoms with Gasteiger partial charge in [0.05, 0.1) is 0 Å². The third kappa shape index (κ3) is 3.31. The van der Waals surface area contributed by atoms with Gasteiger partial charge in [-0.15, -0.1) is 0 Å². The van der Waals surface area contributed by atoms with Gasteiger partial charge in [-0.25, -0.2) is 8.78 Å². The summed E-state index contributed by atoms with van der Waals surface area (Å²) in [6.07, 6.45) is 3.26. The molecule has 2 atom stereocenters. The van der Waals surface area contributed by atoms with Gasteiger partial charge in [0.2, 0.25) is 0 Å². The lowest BCUT2D eigenvalue weighted by Gasteiger charge is -2.24. The molecule has 1 aliphatic heterocycles. The number of likely N-dealkylation sites (tertiary alicyclic amines) is 1. The fourth-order valence-electron chi connectivity index (χ4n) is 2.86. The van der Waals surface area contributed by atoms with Crippen molar-refractivity contribution in [3.8, 4) is 0 Å². The summed E-state index contributed by atoms with van der Waals surface area (Å²) in [4.78, 5) is 2.42. The molecule has 1 N–H and O–H groups in total. The number of nitrogens with zero attached hydrogens (tertiary/aromatic N) is 1. The Morgan fingerprint density at radius 1 is 1.42 bits per heavy atom. The molecule has 0 bridgehead atoms. The van der Waals surface area contributed by atoms with Crippen molar-refractivity contribution in [2.45, 2.75) is 38.3 Å². The van der Waals surface area contributed by atoms with Crippen molar-refractivity contribution in [3.63, 3.8) is 0 Å². The maximum atomic E-state index is 13.8. The van der Waals surface area contributed by atoms with Crippen LogP contribution in [0.3, 0.4) is 0 Å². The number of rotatable bonds is 5. The zero-order valence-electron chi connectivity index (χ0n) is 11.6. The summed E-state index contributed by atoms with van der Waals surface area (Å²) in [6.45, 7) is 4.26. The molecule has 0 amide bonds. The molecule has 0 aliphatic carbocycles. The lowest BCUT2D eigenvalue weighted by atomic mass is 10.0. The molecule has 1 saturated heterocycles. The molecule has 1 aliphatic rings. The van der Waals surface area contributed by atoms with E-state index in [0.29, 0.717) is 11.6 Å². The molecule has 106 valence electrons. The summed E-state index contributed by atoms with van der Waals surface area (Å²) < 4.78 is 27.1. The lowest BCUT2D eigenvalue weighted by molar-refractivity contribution is 0.252. The Hall–Kier alpha value is -1.00. The van der Waals surface area contributed by atoms with E-state index in [0.717, 1.165) is 25.6 Å². The Morgan fingerprint density at radius 2 is 2.21 bits per heavy atom. The highest BCUT2D eigenvalue weighted by atomic mass is 19.2. The van der Waals surface area contributed by atoms with Gasteiger partial charge in [0, 0.05) is 24.2 Å². The van der Waals surface area contributed by atoms with E-state index in [9.17, 15) is 8.78 Å². The quantitative estimate of drug-likeness (QED) is 0.882. The highest BCUT2D eigenvalue weighted by Gasteiger charge is 2.22. The topological polar surface area (TPSA) is 15.3 Å². The van der Waals surface area contributed by atoms with Crippen LogP contribution < -0.4 is 5.32 Å². The summed E-state index contributed by atoms with van der Waals surface area (Å²) in [6, 6.07) is 4.86. The number of hydrogen-bond donors (Lipinski definition) is 1. The third-order valence-corrected chi connectivity index (χ3v) is 4.10. The van der Waals surface area contributed by atoms with Gasteiger partial charge in [0.25, 0.3) is 0 Å². The highest BCUT2D eigenvalue weighted by molar-refractivity contribution is 5.22. The van der Waals surface area contributed by atoms with Crippen LogP contribution in [0.4, 0.5) is 8.78 Å². The summed E-state index contributed by atoms with van der Waals surface area (Å²) >= 11 is 0. The van der Waals surface area contributed by atoms with Crippen LogP contribution in [0.5, 0.6) is 0 Å². The van der Waals surface area contributed by atoms with Crippen molar-refractivity contribution in [2.24, 2.45) is 0 Å². The molecule has 1 aromatic carbocycles. The largest absolute Gasteiger partial charge is 0.313 e. The van der Waals surface area contributed by atoms with Crippen molar-refractivity contribution in [1.82, 2.24) is 10.2 Å². The van der Waals surface area contributed by atoms with Crippen LogP contribution in [0.1, 0.15) is 37.8 Å². The fourth-order valence-corrected chi connectivity index (χ4v) is 2.86. The maximum absolute atomic E-state index is 13.8. The smallest absolute Gasteiger partial charge is 0.163 e. The average molecular weight is 268 g/mol. The van der Waals surface area contributed by atoms with Crippen molar-refractivity contribution in [1.29, 1.82) is 0 Å². The first kappa shape index (κ1) is 14.4. The van der Waals surface area contributed by atoms with Crippen LogP contribution >= 0.6 is 0 Å². The van der Waals surface area contributed by atoms with E-state index >= 15 is 0 Å². The zero-order valence-corrected chi connectivity index (χ0v) is 11.6. The van der Waals surface area contributed by atoms with Gasteiger partial charge in [0.1, 0.15) is 0 Å². The highest BCUT2D eigenvalue weighted by Crippen LogP contribution is 2.24. The Kier molecular flexibility index (Phi) is 4.88. The zero-order chi connectivity index (χ0) is 13.8. The van der Waals surface area contributed by atoms with E-state index in [1.165, 1.54) is 12.8 Å². The minimum Gasteiger partial charge on any atom is -0.313 e. The molecule has 0 aromatic heterocycles. The molecule has 2 nitrogen and oxygen atoms in total. The van der Waals surface area contributed by atoms with Gasteiger partial charge in [-0.3, -0.25) is 0 Å². The number of hydrogen-bond acceptors (Lipinski definition) is 2. The minimum atomic E-state index is -0.771. The third-order valence-electron chi connectivity index (χ3n) is 4.10. The molecular formula is C15H22F2N2. The van der Waals surface area contributed by atoms with Crippen molar-refractivity contribution >= 4 is 0 Å². The molecule has 0 spiro atoms. The van der Waals surface area contributed by atoms with Gasteiger partial charge in [-0.05, 0) is 45.8 Å². The summed E-state index contributed by atoms with van der Waals surface area (Å²) in [5.41, 5.74) is 0.425. The number of halogens is 2. The Balaban J connectivity index is 2.01. The molecule has 0 saturated carbocycles. The predicted molar refractivity (Wildman–Crippen MR) is 73.0 cm³/mol. The van der Waals surface area contributed by atoms with Gasteiger partial charge in [-0.2, -0.15) is 0 Å². The average Bonchev–Trinajstić information content (AvgIpc) is 2.80. The van der Waals surface area contributed by atoms with Gasteiger partial charge < -0.3 is 10.2 Å². The second-order valence-corrected chi connectivity index (χ2v) is 5.30. The van der Waals surface area contributed by atoms with E-state index in [1.807, 2.05) is 0 Å². The lowest BCUT2D eigenvalue weighted by Crippen LogP contribution is -2.31. The second-order valence-electron chi connectivity index (χ2n) is 5.30. The van der Waals surface area contributed by atoms with Crippen LogP contribution in [0, 0.1) is 11.6 Å². The second kappa shape index (κ2) is 6.44.